The lowest BCUT2D eigenvalue weighted by molar-refractivity contribution is -0.149. The fraction of sp³-hybridized carbons (Fsp3) is 0.500. The smallest absolute Gasteiger partial charge is 0.308 e. The highest BCUT2D eigenvalue weighted by Crippen LogP contribution is 2.31. The molecular formula is C18H21ClN2O4. The van der Waals surface area contributed by atoms with Crippen molar-refractivity contribution in [2.45, 2.75) is 32.2 Å². The first-order valence-corrected chi connectivity index (χ1v) is 8.86. The van der Waals surface area contributed by atoms with E-state index in [1.807, 2.05) is 6.92 Å². The van der Waals surface area contributed by atoms with E-state index in [-0.39, 0.29) is 24.4 Å². The van der Waals surface area contributed by atoms with Crippen molar-refractivity contribution in [2.75, 3.05) is 18.0 Å². The van der Waals surface area contributed by atoms with E-state index in [0.717, 1.165) is 0 Å². The lowest BCUT2D eigenvalue weighted by Crippen LogP contribution is -2.50. The maximum absolute atomic E-state index is 12.9. The lowest BCUT2D eigenvalue weighted by atomic mass is 9.92. The molecule has 0 saturated carbocycles. The standard InChI is InChI=1S/C18H21ClN2O4/c1-11-5-6-12(18(24)25)10-21(11)17(23)15-7-8-20(16(15)22)14-4-2-3-13(19)9-14/h2-4,9,11-12,15H,5-8,10H2,1H3,(H,24,25). The predicted octanol–water partition coefficient (Wildman–Crippen LogP) is 2.40. The number of carbonyl (C=O) groups excluding carboxylic acids is 2. The third kappa shape index (κ3) is 3.49. The Hall–Kier alpha value is -2.08. The van der Waals surface area contributed by atoms with Gasteiger partial charge in [-0.2, -0.15) is 0 Å². The fourth-order valence-corrected chi connectivity index (χ4v) is 3.81. The first kappa shape index (κ1) is 17.7. The van der Waals surface area contributed by atoms with E-state index in [1.165, 1.54) is 0 Å². The molecule has 2 saturated heterocycles. The van der Waals surface area contributed by atoms with Crippen molar-refractivity contribution in [2.24, 2.45) is 11.8 Å². The van der Waals surface area contributed by atoms with Gasteiger partial charge in [-0.25, -0.2) is 0 Å². The lowest BCUT2D eigenvalue weighted by Gasteiger charge is -2.37. The largest absolute Gasteiger partial charge is 0.481 e. The Labute approximate surface area is 151 Å². The van der Waals surface area contributed by atoms with Crippen LogP contribution in [0.15, 0.2) is 24.3 Å². The molecule has 0 spiro atoms. The van der Waals surface area contributed by atoms with Gasteiger partial charge in [0.15, 0.2) is 0 Å². The number of piperidine rings is 1. The van der Waals surface area contributed by atoms with Crippen LogP contribution in [0.5, 0.6) is 0 Å². The van der Waals surface area contributed by atoms with Crippen molar-refractivity contribution in [1.82, 2.24) is 4.90 Å². The maximum atomic E-state index is 12.9. The monoisotopic (exact) mass is 364 g/mol. The molecule has 25 heavy (non-hydrogen) atoms. The van der Waals surface area contributed by atoms with Gasteiger partial charge in [-0.1, -0.05) is 17.7 Å². The number of rotatable bonds is 3. The molecule has 134 valence electrons. The van der Waals surface area contributed by atoms with Gasteiger partial charge in [0.2, 0.25) is 11.8 Å². The minimum Gasteiger partial charge on any atom is -0.481 e. The zero-order chi connectivity index (χ0) is 18.1. The number of hydrogen-bond donors (Lipinski definition) is 1. The zero-order valence-electron chi connectivity index (χ0n) is 14.0. The van der Waals surface area contributed by atoms with Crippen LogP contribution in [0.4, 0.5) is 5.69 Å². The summed E-state index contributed by atoms with van der Waals surface area (Å²) in [4.78, 5) is 40.0. The summed E-state index contributed by atoms with van der Waals surface area (Å²) >= 11 is 5.99. The van der Waals surface area contributed by atoms with Crippen LogP contribution in [-0.2, 0) is 14.4 Å². The summed E-state index contributed by atoms with van der Waals surface area (Å²) in [5.74, 6) is -2.68. The van der Waals surface area contributed by atoms with E-state index in [9.17, 15) is 19.5 Å². The topological polar surface area (TPSA) is 77.9 Å². The summed E-state index contributed by atoms with van der Waals surface area (Å²) in [5.41, 5.74) is 0.683. The highest BCUT2D eigenvalue weighted by Gasteiger charge is 2.42. The summed E-state index contributed by atoms with van der Waals surface area (Å²) in [5, 5.41) is 9.77. The van der Waals surface area contributed by atoms with E-state index in [1.54, 1.807) is 34.1 Å². The number of halogens is 1. The summed E-state index contributed by atoms with van der Waals surface area (Å²) in [6.07, 6.45) is 1.64. The van der Waals surface area contributed by atoms with Crippen molar-refractivity contribution in [1.29, 1.82) is 0 Å². The Kier molecular flexibility index (Phi) is 4.99. The number of hydrogen-bond acceptors (Lipinski definition) is 3. The number of amides is 2. The molecule has 3 unspecified atom stereocenters. The van der Waals surface area contributed by atoms with Gasteiger partial charge < -0.3 is 14.9 Å². The molecule has 1 N–H and O–H groups in total. The molecule has 2 heterocycles. The molecule has 3 rings (SSSR count). The average molecular weight is 365 g/mol. The van der Waals surface area contributed by atoms with Crippen molar-refractivity contribution in [3.05, 3.63) is 29.3 Å². The molecule has 6 nitrogen and oxygen atoms in total. The van der Waals surface area contributed by atoms with E-state index in [2.05, 4.69) is 0 Å². The van der Waals surface area contributed by atoms with Gasteiger partial charge in [0.25, 0.3) is 0 Å². The third-order valence-electron chi connectivity index (χ3n) is 5.14. The number of likely N-dealkylation sites (tertiary alicyclic amines) is 1. The molecule has 1 aromatic rings. The van der Waals surface area contributed by atoms with Gasteiger partial charge in [-0.15, -0.1) is 0 Å². The van der Waals surface area contributed by atoms with E-state index >= 15 is 0 Å². The average Bonchev–Trinajstić information content (AvgIpc) is 2.96. The van der Waals surface area contributed by atoms with E-state index in [0.29, 0.717) is 36.5 Å². The molecule has 0 bridgehead atoms. The van der Waals surface area contributed by atoms with Gasteiger partial charge in [0, 0.05) is 29.8 Å². The summed E-state index contributed by atoms with van der Waals surface area (Å²) in [6.45, 7) is 2.54. The van der Waals surface area contributed by atoms with Gasteiger partial charge >= 0.3 is 5.97 Å². The van der Waals surface area contributed by atoms with E-state index < -0.39 is 17.8 Å². The van der Waals surface area contributed by atoms with Crippen LogP contribution in [0.2, 0.25) is 5.02 Å². The molecule has 2 amide bonds. The summed E-state index contributed by atoms with van der Waals surface area (Å²) < 4.78 is 0. The van der Waals surface area contributed by atoms with Crippen molar-refractivity contribution in [3.8, 4) is 0 Å². The normalized spacial score (nSPS) is 26.8. The van der Waals surface area contributed by atoms with Crippen molar-refractivity contribution in [3.63, 3.8) is 0 Å². The molecule has 2 fully saturated rings. The highest BCUT2D eigenvalue weighted by atomic mass is 35.5. The molecule has 1 aromatic carbocycles. The number of aliphatic carboxylic acids is 1. The van der Waals surface area contributed by atoms with Crippen LogP contribution in [-0.4, -0.2) is 46.9 Å². The highest BCUT2D eigenvalue weighted by molar-refractivity contribution is 6.31. The van der Waals surface area contributed by atoms with Gasteiger partial charge in [0.1, 0.15) is 5.92 Å². The number of nitrogens with zero attached hydrogens (tertiary/aromatic N) is 2. The molecule has 3 atom stereocenters. The minimum absolute atomic E-state index is 0.0453. The molecule has 0 radical (unpaired) electrons. The second-order valence-electron chi connectivity index (χ2n) is 6.76. The van der Waals surface area contributed by atoms with Gasteiger partial charge in [-0.3, -0.25) is 14.4 Å². The second kappa shape index (κ2) is 7.04. The zero-order valence-corrected chi connectivity index (χ0v) is 14.8. The fourth-order valence-electron chi connectivity index (χ4n) is 3.63. The Balaban J connectivity index is 1.74. The van der Waals surface area contributed by atoms with Crippen LogP contribution >= 0.6 is 11.6 Å². The molecule has 0 aliphatic carbocycles. The predicted molar refractivity (Wildman–Crippen MR) is 93.4 cm³/mol. The van der Waals surface area contributed by atoms with Crippen LogP contribution in [0.1, 0.15) is 26.2 Å². The van der Waals surface area contributed by atoms with E-state index in [4.69, 9.17) is 11.6 Å². The minimum atomic E-state index is -0.886. The van der Waals surface area contributed by atoms with Crippen LogP contribution in [0.3, 0.4) is 0 Å². The molecule has 2 aliphatic heterocycles. The number of anilines is 1. The Bertz CT molecular complexity index is 708. The van der Waals surface area contributed by atoms with Crippen molar-refractivity contribution < 1.29 is 19.5 Å². The van der Waals surface area contributed by atoms with Gasteiger partial charge in [-0.05, 0) is 44.4 Å². The van der Waals surface area contributed by atoms with Crippen LogP contribution in [0.25, 0.3) is 0 Å². The third-order valence-corrected chi connectivity index (χ3v) is 5.37. The summed E-state index contributed by atoms with van der Waals surface area (Å²) in [6, 6.07) is 6.95. The van der Waals surface area contributed by atoms with Gasteiger partial charge in [0.05, 0.1) is 5.92 Å². The summed E-state index contributed by atoms with van der Waals surface area (Å²) in [7, 11) is 0. The SMILES string of the molecule is CC1CCC(C(=O)O)CN1C(=O)C1CCN(c2cccc(Cl)c2)C1=O. The quantitative estimate of drug-likeness (QED) is 0.835. The Morgan fingerprint density at radius 2 is 2.00 bits per heavy atom. The number of carboxylic acid groups (broad SMARTS) is 1. The molecule has 2 aliphatic rings. The van der Waals surface area contributed by atoms with Crippen LogP contribution < -0.4 is 4.90 Å². The maximum Gasteiger partial charge on any atom is 0.308 e. The number of carbonyl (C=O) groups is 3. The number of carboxylic acids is 1. The molecular weight excluding hydrogens is 344 g/mol. The van der Waals surface area contributed by atoms with Crippen molar-refractivity contribution >= 4 is 35.1 Å². The second-order valence-corrected chi connectivity index (χ2v) is 7.20. The van der Waals surface area contributed by atoms with Crippen LogP contribution in [0, 0.1) is 11.8 Å². The molecule has 7 heteroatoms. The number of benzene rings is 1. The Morgan fingerprint density at radius 1 is 1.24 bits per heavy atom. The molecule has 0 aromatic heterocycles. The first-order chi connectivity index (χ1) is 11.9. The first-order valence-electron chi connectivity index (χ1n) is 8.48. The Morgan fingerprint density at radius 3 is 2.68 bits per heavy atom.